The third-order valence-corrected chi connectivity index (χ3v) is 6.80. The Balaban J connectivity index is 1.35. The molecule has 0 unspecified atom stereocenters. The topological polar surface area (TPSA) is 84.3 Å². The predicted octanol–water partition coefficient (Wildman–Crippen LogP) is 3.86. The van der Waals surface area contributed by atoms with Crippen LogP contribution in [0.3, 0.4) is 0 Å². The summed E-state index contributed by atoms with van der Waals surface area (Å²) >= 11 is 1.76. The van der Waals surface area contributed by atoms with Crippen LogP contribution in [0.2, 0.25) is 0 Å². The molecule has 5 rings (SSSR count). The summed E-state index contributed by atoms with van der Waals surface area (Å²) in [6, 6.07) is 12.9. The number of imide groups is 1. The minimum atomic E-state index is -0.351. The molecule has 1 aromatic heterocycles. The van der Waals surface area contributed by atoms with Crippen molar-refractivity contribution in [2.75, 3.05) is 11.9 Å². The van der Waals surface area contributed by atoms with Gasteiger partial charge in [0.05, 0.1) is 22.5 Å². The molecule has 3 amide bonds. The van der Waals surface area contributed by atoms with Crippen molar-refractivity contribution in [3.63, 3.8) is 0 Å². The molecule has 8 heteroatoms. The molecular formula is C24H22N4O3S. The zero-order chi connectivity index (χ0) is 22.4. The second-order valence-electron chi connectivity index (χ2n) is 8.07. The van der Waals surface area contributed by atoms with Gasteiger partial charge in [0.2, 0.25) is 5.91 Å². The molecule has 0 saturated carbocycles. The predicted molar refractivity (Wildman–Crippen MR) is 123 cm³/mol. The Morgan fingerprint density at radius 3 is 2.47 bits per heavy atom. The van der Waals surface area contributed by atoms with Crippen LogP contribution in [0.5, 0.6) is 0 Å². The fourth-order valence-electron chi connectivity index (χ4n) is 4.21. The molecule has 2 aliphatic rings. The lowest BCUT2D eigenvalue weighted by Crippen LogP contribution is -2.33. The zero-order valence-electron chi connectivity index (χ0n) is 17.8. The first-order valence-corrected chi connectivity index (χ1v) is 11.6. The number of nitrogens with one attached hydrogen (secondary N) is 1. The Morgan fingerprint density at radius 1 is 1.06 bits per heavy atom. The number of rotatable bonds is 5. The molecule has 7 nitrogen and oxygen atoms in total. The van der Waals surface area contributed by atoms with Gasteiger partial charge in [-0.15, -0.1) is 0 Å². The van der Waals surface area contributed by atoms with E-state index in [0.29, 0.717) is 16.9 Å². The van der Waals surface area contributed by atoms with Crippen LogP contribution >= 0.6 is 11.8 Å². The van der Waals surface area contributed by atoms with Crippen molar-refractivity contribution in [3.05, 3.63) is 76.0 Å². The number of carbonyl (C=O) groups is 3. The average Bonchev–Trinajstić information content (AvgIpc) is 3.42. The number of aryl methyl sites for hydroxylation is 2. The van der Waals surface area contributed by atoms with Crippen LogP contribution < -0.4 is 5.32 Å². The molecule has 0 atom stereocenters. The molecule has 162 valence electrons. The summed E-state index contributed by atoms with van der Waals surface area (Å²) in [7, 11) is 0. The number of anilines is 1. The number of thioether (sulfide) groups is 1. The van der Waals surface area contributed by atoms with Crippen molar-refractivity contribution < 1.29 is 14.4 Å². The van der Waals surface area contributed by atoms with Crippen molar-refractivity contribution in [3.8, 4) is 5.69 Å². The van der Waals surface area contributed by atoms with E-state index in [4.69, 9.17) is 5.10 Å². The van der Waals surface area contributed by atoms with E-state index in [1.54, 1.807) is 40.7 Å². The van der Waals surface area contributed by atoms with Gasteiger partial charge in [-0.05, 0) is 37.6 Å². The Bertz CT molecular complexity index is 1250. The Kier molecular flexibility index (Phi) is 5.09. The number of hydrogen-bond donors (Lipinski definition) is 1. The highest BCUT2D eigenvalue weighted by atomic mass is 32.2. The standard InChI is InChI=1S/C24H22N4O3S/c1-14-7-8-20(15(2)11-14)28-22(18-12-32-13-19(18)26-28)25-21(29)9-10-27-23(30)16-5-3-4-6-17(16)24(27)31/h3-8,11H,9-10,12-13H2,1-2H3,(H,25,29). The zero-order valence-corrected chi connectivity index (χ0v) is 18.7. The van der Waals surface area contributed by atoms with Gasteiger partial charge in [0.15, 0.2) is 0 Å². The third kappa shape index (κ3) is 3.40. The molecule has 0 saturated heterocycles. The van der Waals surface area contributed by atoms with Gasteiger partial charge in [0, 0.05) is 30.0 Å². The summed E-state index contributed by atoms with van der Waals surface area (Å²) in [5.74, 6) is 1.31. The molecular weight excluding hydrogens is 424 g/mol. The molecule has 2 aliphatic heterocycles. The van der Waals surface area contributed by atoms with Crippen LogP contribution in [-0.4, -0.2) is 38.9 Å². The maximum atomic E-state index is 12.9. The van der Waals surface area contributed by atoms with Gasteiger partial charge in [0.25, 0.3) is 11.8 Å². The van der Waals surface area contributed by atoms with E-state index in [1.165, 1.54) is 0 Å². The number of aromatic nitrogens is 2. The summed E-state index contributed by atoms with van der Waals surface area (Å²) in [5.41, 5.74) is 5.94. The quantitative estimate of drug-likeness (QED) is 0.602. The van der Waals surface area contributed by atoms with E-state index < -0.39 is 0 Å². The lowest BCUT2D eigenvalue weighted by Gasteiger charge is -2.15. The van der Waals surface area contributed by atoms with Gasteiger partial charge in [-0.25, -0.2) is 4.68 Å². The molecule has 1 N–H and O–H groups in total. The average molecular weight is 447 g/mol. The highest BCUT2D eigenvalue weighted by Crippen LogP contribution is 2.36. The summed E-state index contributed by atoms with van der Waals surface area (Å²) in [4.78, 5) is 39.1. The molecule has 0 spiro atoms. The molecule has 3 aromatic rings. The number of nitrogens with zero attached hydrogens (tertiary/aromatic N) is 3. The van der Waals surface area contributed by atoms with Gasteiger partial charge >= 0.3 is 0 Å². The SMILES string of the molecule is Cc1ccc(-n2nc3c(c2NC(=O)CCN2C(=O)c4ccccc4C2=O)CSC3)c(C)c1. The first-order chi connectivity index (χ1) is 15.4. The number of carbonyl (C=O) groups excluding carboxylic acids is 3. The lowest BCUT2D eigenvalue weighted by molar-refractivity contribution is -0.116. The second-order valence-corrected chi connectivity index (χ2v) is 9.06. The number of amides is 3. The van der Waals surface area contributed by atoms with E-state index in [0.717, 1.165) is 44.5 Å². The molecule has 2 aromatic carbocycles. The summed E-state index contributed by atoms with van der Waals surface area (Å²) in [5, 5.41) is 7.76. The van der Waals surface area contributed by atoms with Crippen molar-refractivity contribution >= 4 is 35.3 Å². The number of fused-ring (bicyclic) bond motifs is 2. The van der Waals surface area contributed by atoms with Gasteiger partial charge in [-0.1, -0.05) is 29.8 Å². The highest BCUT2D eigenvalue weighted by Gasteiger charge is 2.35. The van der Waals surface area contributed by atoms with Gasteiger partial charge in [0.1, 0.15) is 5.82 Å². The Morgan fingerprint density at radius 2 is 1.78 bits per heavy atom. The molecule has 0 fully saturated rings. The lowest BCUT2D eigenvalue weighted by atomic mass is 10.1. The van der Waals surface area contributed by atoms with Crippen molar-refractivity contribution in [1.82, 2.24) is 14.7 Å². The summed E-state index contributed by atoms with van der Waals surface area (Å²) in [6.45, 7) is 4.10. The Hall–Kier alpha value is -3.39. The van der Waals surface area contributed by atoms with Crippen molar-refractivity contribution in [1.29, 1.82) is 0 Å². The van der Waals surface area contributed by atoms with E-state index in [9.17, 15) is 14.4 Å². The maximum Gasteiger partial charge on any atom is 0.261 e. The van der Waals surface area contributed by atoms with Crippen LogP contribution in [0.4, 0.5) is 5.82 Å². The Labute approximate surface area is 189 Å². The summed E-state index contributed by atoms with van der Waals surface area (Å²) < 4.78 is 1.80. The first kappa shape index (κ1) is 20.5. The minimum Gasteiger partial charge on any atom is -0.310 e. The van der Waals surface area contributed by atoms with E-state index in [-0.39, 0.29) is 30.7 Å². The first-order valence-electron chi connectivity index (χ1n) is 10.5. The van der Waals surface area contributed by atoms with Crippen LogP contribution in [0.25, 0.3) is 5.69 Å². The largest absolute Gasteiger partial charge is 0.310 e. The maximum absolute atomic E-state index is 12.9. The molecule has 0 aliphatic carbocycles. The van der Waals surface area contributed by atoms with E-state index in [1.807, 2.05) is 26.0 Å². The van der Waals surface area contributed by atoms with Crippen molar-refractivity contribution in [2.24, 2.45) is 0 Å². The molecule has 0 radical (unpaired) electrons. The van der Waals surface area contributed by atoms with Gasteiger partial charge in [-0.2, -0.15) is 16.9 Å². The number of benzene rings is 2. The smallest absolute Gasteiger partial charge is 0.261 e. The van der Waals surface area contributed by atoms with Gasteiger partial charge < -0.3 is 5.32 Å². The minimum absolute atomic E-state index is 0.0193. The van der Waals surface area contributed by atoms with Crippen LogP contribution in [0.15, 0.2) is 42.5 Å². The monoisotopic (exact) mass is 446 g/mol. The second kappa shape index (κ2) is 7.94. The van der Waals surface area contributed by atoms with E-state index in [2.05, 4.69) is 11.4 Å². The van der Waals surface area contributed by atoms with Crippen LogP contribution in [0.1, 0.15) is 49.5 Å². The van der Waals surface area contributed by atoms with Crippen molar-refractivity contribution in [2.45, 2.75) is 31.8 Å². The summed E-state index contributed by atoms with van der Waals surface area (Å²) in [6.07, 6.45) is 0.0193. The third-order valence-electron chi connectivity index (χ3n) is 5.83. The van der Waals surface area contributed by atoms with E-state index >= 15 is 0 Å². The van der Waals surface area contributed by atoms with Gasteiger partial charge in [-0.3, -0.25) is 19.3 Å². The highest BCUT2D eigenvalue weighted by molar-refractivity contribution is 7.98. The number of hydrogen-bond acceptors (Lipinski definition) is 5. The van der Waals surface area contributed by atoms with Crippen LogP contribution in [-0.2, 0) is 16.3 Å². The normalized spacial score (nSPS) is 14.6. The van der Waals surface area contributed by atoms with Crippen LogP contribution in [0, 0.1) is 13.8 Å². The fourth-order valence-corrected chi connectivity index (χ4v) is 5.24. The molecule has 32 heavy (non-hydrogen) atoms. The molecule has 3 heterocycles. The molecule has 0 bridgehead atoms. The fraction of sp³-hybridized carbons (Fsp3) is 0.250.